The average molecular weight is 206 g/mol. The number of hydrogen-bond donors (Lipinski definition) is 0. The van der Waals surface area contributed by atoms with E-state index in [1.165, 1.54) is 0 Å². The lowest BCUT2D eigenvalue weighted by Crippen LogP contribution is -2.22. The molecule has 0 aliphatic carbocycles. The molecule has 0 N–H and O–H groups in total. The summed E-state index contributed by atoms with van der Waals surface area (Å²) in [5, 5.41) is 0. The molecule has 15 heavy (non-hydrogen) atoms. The molecular weight excluding hydrogens is 192 g/mol. The highest BCUT2D eigenvalue weighted by Gasteiger charge is 2.36. The van der Waals surface area contributed by atoms with Gasteiger partial charge in [-0.3, -0.25) is 4.79 Å². The summed E-state index contributed by atoms with van der Waals surface area (Å²) in [6, 6.07) is 0. The number of carbonyl (C=O) groups is 1. The zero-order valence-electron chi connectivity index (χ0n) is 8.99. The third-order valence-electron chi connectivity index (χ3n) is 2.76. The topological polar surface area (TPSA) is 52.1 Å². The largest absolute Gasteiger partial charge is 0.364 e. The van der Waals surface area contributed by atoms with Gasteiger partial charge >= 0.3 is 0 Å². The Hall–Kier alpha value is -1.29. The predicted molar refractivity (Wildman–Crippen MR) is 54.5 cm³/mol. The lowest BCUT2D eigenvalue weighted by atomic mass is 9.95. The molecule has 4 nitrogen and oxygen atoms in total. The van der Waals surface area contributed by atoms with Gasteiger partial charge < -0.3 is 4.74 Å². The number of aldehydes is 1. The summed E-state index contributed by atoms with van der Waals surface area (Å²) in [6.07, 6.45) is 4.30. The second-order valence-electron chi connectivity index (χ2n) is 3.99. The molecule has 2 heterocycles. The molecule has 0 aromatic carbocycles. The van der Waals surface area contributed by atoms with Crippen molar-refractivity contribution in [2.75, 3.05) is 0 Å². The summed E-state index contributed by atoms with van der Waals surface area (Å²) in [7, 11) is 0. The second kappa shape index (κ2) is 3.70. The lowest BCUT2D eigenvalue weighted by Gasteiger charge is -2.22. The highest BCUT2D eigenvalue weighted by molar-refractivity contribution is 5.68. The number of rotatable bonds is 3. The zero-order valence-corrected chi connectivity index (χ0v) is 8.99. The van der Waals surface area contributed by atoms with Gasteiger partial charge in [0.1, 0.15) is 5.60 Å². The van der Waals surface area contributed by atoms with Crippen molar-refractivity contribution in [3.8, 4) is 0 Å². The number of fused-ring (bicyclic) bond motifs is 1. The molecule has 0 fully saturated rings. The Bertz CT molecular complexity index is 388. The summed E-state index contributed by atoms with van der Waals surface area (Å²) in [5.74, 6) is 0.238. The molecular formula is C11H14N2O2. The van der Waals surface area contributed by atoms with Crippen LogP contribution in [-0.4, -0.2) is 16.3 Å². The Morgan fingerprint density at radius 2 is 2.47 bits per heavy atom. The first-order chi connectivity index (χ1) is 7.19. The van der Waals surface area contributed by atoms with Crippen molar-refractivity contribution in [2.24, 2.45) is 0 Å². The number of hydrogen-bond acceptors (Lipinski definition) is 4. The van der Waals surface area contributed by atoms with Crippen molar-refractivity contribution in [2.45, 2.75) is 38.9 Å². The molecule has 1 aliphatic heterocycles. The van der Waals surface area contributed by atoms with Gasteiger partial charge in [-0.2, -0.15) is 0 Å². The van der Waals surface area contributed by atoms with Crippen molar-refractivity contribution in [3.05, 3.63) is 23.3 Å². The van der Waals surface area contributed by atoms with Crippen LogP contribution in [0.15, 0.2) is 6.20 Å². The molecule has 1 aromatic heterocycles. The van der Waals surface area contributed by atoms with Crippen LogP contribution in [0.5, 0.6) is 0 Å². The molecule has 0 saturated heterocycles. The van der Waals surface area contributed by atoms with E-state index in [0.29, 0.717) is 12.9 Å². The fourth-order valence-corrected chi connectivity index (χ4v) is 2.01. The second-order valence-corrected chi connectivity index (χ2v) is 3.99. The molecule has 0 saturated carbocycles. The van der Waals surface area contributed by atoms with E-state index in [1.807, 2.05) is 6.92 Å². The quantitative estimate of drug-likeness (QED) is 0.708. The molecule has 2 rings (SSSR count). The Morgan fingerprint density at radius 3 is 3.13 bits per heavy atom. The van der Waals surface area contributed by atoms with E-state index in [2.05, 4.69) is 16.9 Å². The maximum absolute atomic E-state index is 10.6. The van der Waals surface area contributed by atoms with Crippen LogP contribution in [0.3, 0.4) is 0 Å². The minimum Gasteiger partial charge on any atom is -0.364 e. The van der Waals surface area contributed by atoms with Crippen molar-refractivity contribution >= 4 is 6.29 Å². The van der Waals surface area contributed by atoms with Gasteiger partial charge in [0.05, 0.1) is 12.3 Å². The monoisotopic (exact) mass is 206 g/mol. The predicted octanol–water partition coefficient (Wildman–Crippen LogP) is 1.83. The Morgan fingerprint density at radius 1 is 1.67 bits per heavy atom. The molecule has 0 radical (unpaired) electrons. The first-order valence-electron chi connectivity index (χ1n) is 5.15. The third kappa shape index (κ3) is 1.65. The molecule has 1 aromatic rings. The SMILES string of the molecule is CCCC1(C)OCc2cnc(C=O)nc21. The highest BCUT2D eigenvalue weighted by Crippen LogP contribution is 2.37. The van der Waals surface area contributed by atoms with Crippen LogP contribution in [0.2, 0.25) is 0 Å². The molecule has 0 amide bonds. The smallest absolute Gasteiger partial charge is 0.192 e. The fraction of sp³-hybridized carbons (Fsp3) is 0.545. The molecule has 4 heteroatoms. The third-order valence-corrected chi connectivity index (χ3v) is 2.76. The zero-order chi connectivity index (χ0) is 10.9. The number of aromatic nitrogens is 2. The van der Waals surface area contributed by atoms with Gasteiger partial charge in [0, 0.05) is 11.8 Å². The van der Waals surface area contributed by atoms with Gasteiger partial charge in [-0.05, 0) is 13.3 Å². The minimum absolute atomic E-state index is 0.238. The Balaban J connectivity index is 2.43. The van der Waals surface area contributed by atoms with Crippen molar-refractivity contribution in [3.63, 3.8) is 0 Å². The van der Waals surface area contributed by atoms with Gasteiger partial charge in [-0.1, -0.05) is 13.3 Å². The standard InChI is InChI=1S/C11H14N2O2/c1-3-4-11(2)10-8(7-15-11)5-12-9(6-14)13-10/h5-6H,3-4,7H2,1-2H3. The summed E-state index contributed by atoms with van der Waals surface area (Å²) in [6.45, 7) is 4.67. The van der Waals surface area contributed by atoms with E-state index in [9.17, 15) is 4.79 Å². The van der Waals surface area contributed by atoms with Gasteiger partial charge in [0.2, 0.25) is 0 Å². The molecule has 80 valence electrons. The van der Waals surface area contributed by atoms with Crippen molar-refractivity contribution in [1.82, 2.24) is 9.97 Å². The number of ether oxygens (including phenoxy) is 1. The molecule has 0 spiro atoms. The van der Waals surface area contributed by atoms with E-state index in [4.69, 9.17) is 4.74 Å². The molecule has 1 aliphatic rings. The summed E-state index contributed by atoms with van der Waals surface area (Å²) < 4.78 is 5.73. The van der Waals surface area contributed by atoms with Gasteiger partial charge in [-0.25, -0.2) is 9.97 Å². The lowest BCUT2D eigenvalue weighted by molar-refractivity contribution is -0.0322. The maximum atomic E-state index is 10.6. The van der Waals surface area contributed by atoms with Crippen molar-refractivity contribution in [1.29, 1.82) is 0 Å². The van der Waals surface area contributed by atoms with E-state index in [1.54, 1.807) is 6.20 Å². The molecule has 1 atom stereocenters. The number of carbonyl (C=O) groups excluding carboxylic acids is 1. The average Bonchev–Trinajstić information content (AvgIpc) is 2.57. The van der Waals surface area contributed by atoms with Crippen LogP contribution in [-0.2, 0) is 16.9 Å². The highest BCUT2D eigenvalue weighted by atomic mass is 16.5. The fourth-order valence-electron chi connectivity index (χ4n) is 2.01. The van der Waals surface area contributed by atoms with Crippen LogP contribution in [0.4, 0.5) is 0 Å². The first-order valence-corrected chi connectivity index (χ1v) is 5.15. The van der Waals surface area contributed by atoms with Gasteiger partial charge in [0.25, 0.3) is 0 Å². The van der Waals surface area contributed by atoms with Crippen LogP contribution >= 0.6 is 0 Å². The van der Waals surface area contributed by atoms with Crippen molar-refractivity contribution < 1.29 is 9.53 Å². The van der Waals surface area contributed by atoms with E-state index < -0.39 is 0 Å². The first kappa shape index (κ1) is 10.2. The summed E-state index contributed by atoms with van der Waals surface area (Å²) in [5.41, 5.74) is 1.53. The van der Waals surface area contributed by atoms with E-state index >= 15 is 0 Å². The van der Waals surface area contributed by atoms with E-state index in [-0.39, 0.29) is 11.4 Å². The molecule has 1 unspecified atom stereocenters. The Kier molecular flexibility index (Phi) is 2.52. The number of nitrogens with zero attached hydrogens (tertiary/aromatic N) is 2. The van der Waals surface area contributed by atoms with Crippen LogP contribution in [0.25, 0.3) is 0 Å². The van der Waals surface area contributed by atoms with Gasteiger partial charge in [0.15, 0.2) is 12.1 Å². The normalized spacial score (nSPS) is 23.9. The van der Waals surface area contributed by atoms with E-state index in [0.717, 1.165) is 24.1 Å². The maximum Gasteiger partial charge on any atom is 0.192 e. The minimum atomic E-state index is -0.342. The van der Waals surface area contributed by atoms with Gasteiger partial charge in [-0.15, -0.1) is 0 Å². The van der Waals surface area contributed by atoms with Crippen LogP contribution < -0.4 is 0 Å². The summed E-state index contributed by atoms with van der Waals surface area (Å²) in [4.78, 5) is 18.8. The van der Waals surface area contributed by atoms with Crippen LogP contribution in [0, 0.1) is 0 Å². The summed E-state index contributed by atoms with van der Waals surface area (Å²) >= 11 is 0. The van der Waals surface area contributed by atoms with Crippen LogP contribution in [0.1, 0.15) is 48.6 Å². The Labute approximate surface area is 88.7 Å². The molecule has 0 bridgehead atoms.